The second kappa shape index (κ2) is 5.50. The van der Waals surface area contributed by atoms with Gasteiger partial charge in [-0.05, 0) is 38.5 Å². The summed E-state index contributed by atoms with van der Waals surface area (Å²) >= 11 is 0. The minimum absolute atomic E-state index is 0.153. The van der Waals surface area contributed by atoms with Crippen molar-refractivity contribution in [2.45, 2.75) is 26.4 Å². The maximum atomic E-state index is 13.2. The number of anilines is 1. The van der Waals surface area contributed by atoms with Crippen molar-refractivity contribution in [3.8, 4) is 0 Å². The Bertz CT molecular complexity index is 616. The lowest BCUT2D eigenvalue weighted by molar-refractivity contribution is 0.0710. The predicted molar refractivity (Wildman–Crippen MR) is 73.8 cm³/mol. The number of hydrogen-bond acceptors (Lipinski definition) is 5. The van der Waals surface area contributed by atoms with Crippen molar-refractivity contribution in [2.24, 2.45) is 0 Å². The van der Waals surface area contributed by atoms with E-state index >= 15 is 0 Å². The molecule has 1 aromatic carbocycles. The summed E-state index contributed by atoms with van der Waals surface area (Å²) in [7, 11) is 0. The third-order valence-electron chi connectivity index (χ3n) is 3.13. The van der Waals surface area contributed by atoms with Crippen molar-refractivity contribution in [2.75, 3.05) is 11.9 Å². The van der Waals surface area contributed by atoms with E-state index in [0.717, 1.165) is 11.4 Å². The smallest absolute Gasteiger partial charge is 0.243 e. The molecule has 0 aliphatic heterocycles. The molecule has 1 aromatic heterocycles. The summed E-state index contributed by atoms with van der Waals surface area (Å²) in [6.07, 6.45) is 0. The van der Waals surface area contributed by atoms with Crippen LogP contribution in [-0.4, -0.2) is 26.8 Å². The van der Waals surface area contributed by atoms with Gasteiger partial charge in [-0.15, -0.1) is 5.10 Å². The van der Waals surface area contributed by atoms with Gasteiger partial charge in [-0.2, -0.15) is 5.10 Å². The Labute approximate surface area is 116 Å². The number of nitrogens with zero attached hydrogens (tertiary/aromatic N) is 3. The van der Waals surface area contributed by atoms with Crippen LogP contribution < -0.4 is 5.32 Å². The molecule has 0 amide bonds. The van der Waals surface area contributed by atoms with E-state index in [0.29, 0.717) is 11.5 Å². The monoisotopic (exact) mass is 276 g/mol. The van der Waals surface area contributed by atoms with Gasteiger partial charge in [-0.1, -0.05) is 12.1 Å². The maximum absolute atomic E-state index is 13.2. The molecule has 2 N–H and O–H groups in total. The Kier molecular flexibility index (Phi) is 3.94. The molecule has 6 heteroatoms. The van der Waals surface area contributed by atoms with Crippen LogP contribution in [0.1, 0.15) is 23.9 Å². The van der Waals surface area contributed by atoms with Crippen LogP contribution >= 0.6 is 0 Å². The molecule has 0 radical (unpaired) electrons. The van der Waals surface area contributed by atoms with Crippen LogP contribution in [0.3, 0.4) is 0 Å². The van der Waals surface area contributed by atoms with E-state index in [4.69, 9.17) is 0 Å². The minimum atomic E-state index is -1.23. The summed E-state index contributed by atoms with van der Waals surface area (Å²) in [4.78, 5) is 4.22. The maximum Gasteiger partial charge on any atom is 0.243 e. The first-order valence-electron chi connectivity index (χ1n) is 6.29. The van der Waals surface area contributed by atoms with Gasteiger partial charge in [0.25, 0.3) is 0 Å². The fourth-order valence-corrected chi connectivity index (χ4v) is 1.71. The lowest BCUT2D eigenvalue weighted by Crippen LogP contribution is -2.31. The van der Waals surface area contributed by atoms with Crippen molar-refractivity contribution in [1.82, 2.24) is 15.2 Å². The molecule has 0 bridgehead atoms. The van der Waals surface area contributed by atoms with Crippen LogP contribution in [0.2, 0.25) is 0 Å². The lowest BCUT2D eigenvalue weighted by Gasteiger charge is -2.24. The van der Waals surface area contributed by atoms with Crippen molar-refractivity contribution in [3.63, 3.8) is 0 Å². The average Bonchev–Trinajstić information content (AvgIpc) is 2.40. The van der Waals surface area contributed by atoms with Crippen molar-refractivity contribution >= 4 is 5.95 Å². The number of hydrogen-bond donors (Lipinski definition) is 2. The van der Waals surface area contributed by atoms with Crippen LogP contribution in [0.15, 0.2) is 24.3 Å². The number of nitrogens with one attached hydrogen (secondary N) is 1. The molecule has 1 unspecified atom stereocenters. The van der Waals surface area contributed by atoms with E-state index < -0.39 is 5.60 Å². The normalized spacial score (nSPS) is 13.8. The first-order chi connectivity index (χ1) is 9.38. The first-order valence-corrected chi connectivity index (χ1v) is 6.29. The van der Waals surface area contributed by atoms with Gasteiger partial charge in [-0.25, -0.2) is 9.37 Å². The third-order valence-corrected chi connectivity index (χ3v) is 3.13. The van der Waals surface area contributed by atoms with E-state index in [2.05, 4.69) is 20.5 Å². The summed E-state index contributed by atoms with van der Waals surface area (Å²) in [5.41, 5.74) is 0.784. The molecule has 0 saturated heterocycles. The number of aliphatic hydroxyl groups is 1. The zero-order chi connectivity index (χ0) is 14.8. The molecule has 2 aromatic rings. The number of halogens is 1. The van der Waals surface area contributed by atoms with E-state index in [1.54, 1.807) is 19.1 Å². The molecule has 5 nitrogen and oxygen atoms in total. The average molecular weight is 276 g/mol. The van der Waals surface area contributed by atoms with E-state index in [9.17, 15) is 9.50 Å². The first kappa shape index (κ1) is 14.3. The third kappa shape index (κ3) is 3.27. The Morgan fingerprint density at radius 2 is 2.00 bits per heavy atom. The van der Waals surface area contributed by atoms with Crippen LogP contribution in [0.5, 0.6) is 0 Å². The molecule has 0 spiro atoms. The van der Waals surface area contributed by atoms with Gasteiger partial charge in [0.05, 0.1) is 17.9 Å². The quantitative estimate of drug-likeness (QED) is 0.893. The van der Waals surface area contributed by atoms with Gasteiger partial charge >= 0.3 is 0 Å². The Balaban J connectivity index is 2.10. The Morgan fingerprint density at radius 1 is 1.25 bits per heavy atom. The molecule has 0 fully saturated rings. The van der Waals surface area contributed by atoms with E-state index in [1.807, 2.05) is 13.8 Å². The summed E-state index contributed by atoms with van der Waals surface area (Å²) in [6, 6.07) is 5.88. The van der Waals surface area contributed by atoms with Crippen LogP contribution in [0.4, 0.5) is 10.3 Å². The van der Waals surface area contributed by atoms with Gasteiger partial charge in [0.2, 0.25) is 5.95 Å². The highest BCUT2D eigenvalue weighted by molar-refractivity contribution is 5.29. The molecular formula is C14H17FN4O. The van der Waals surface area contributed by atoms with Gasteiger partial charge < -0.3 is 10.4 Å². The Hall–Kier alpha value is -2.08. The standard InChI is InChI=1S/C14H17FN4O/c1-9-10(2)18-19-13(17-9)16-8-14(3,20)11-5-4-6-12(15)7-11/h4-7,20H,8H2,1-3H3,(H,16,17,19). The molecule has 0 aliphatic rings. The molecule has 0 saturated carbocycles. The zero-order valence-corrected chi connectivity index (χ0v) is 11.7. The van der Waals surface area contributed by atoms with Crippen LogP contribution in [0.25, 0.3) is 0 Å². The summed E-state index contributed by atoms with van der Waals surface area (Å²) in [6.45, 7) is 5.41. The van der Waals surface area contributed by atoms with Gasteiger partial charge in [0.15, 0.2) is 0 Å². The largest absolute Gasteiger partial charge is 0.384 e. The van der Waals surface area contributed by atoms with E-state index in [-0.39, 0.29) is 12.4 Å². The SMILES string of the molecule is Cc1nnc(NCC(C)(O)c2cccc(F)c2)nc1C. The fourth-order valence-electron chi connectivity index (χ4n) is 1.71. The number of rotatable bonds is 4. The van der Waals surface area contributed by atoms with Crippen molar-refractivity contribution in [3.05, 3.63) is 47.0 Å². The molecule has 1 heterocycles. The highest BCUT2D eigenvalue weighted by Gasteiger charge is 2.23. The van der Waals surface area contributed by atoms with Gasteiger partial charge in [0.1, 0.15) is 11.4 Å². The van der Waals surface area contributed by atoms with E-state index in [1.165, 1.54) is 12.1 Å². The second-order valence-corrected chi connectivity index (χ2v) is 4.94. The zero-order valence-electron chi connectivity index (χ0n) is 11.7. The highest BCUT2D eigenvalue weighted by Crippen LogP contribution is 2.21. The predicted octanol–water partition coefficient (Wildman–Crippen LogP) is 1.95. The number of benzene rings is 1. The highest BCUT2D eigenvalue weighted by atomic mass is 19.1. The van der Waals surface area contributed by atoms with Crippen molar-refractivity contribution in [1.29, 1.82) is 0 Å². The molecule has 106 valence electrons. The summed E-state index contributed by atoms with van der Waals surface area (Å²) in [5, 5.41) is 21.1. The molecule has 20 heavy (non-hydrogen) atoms. The van der Waals surface area contributed by atoms with Gasteiger partial charge in [-0.3, -0.25) is 0 Å². The number of aryl methyl sites for hydroxylation is 2. The van der Waals surface area contributed by atoms with Crippen molar-refractivity contribution < 1.29 is 9.50 Å². The topological polar surface area (TPSA) is 70.9 Å². The molecular weight excluding hydrogens is 259 g/mol. The molecule has 0 aliphatic carbocycles. The minimum Gasteiger partial charge on any atom is -0.384 e. The van der Waals surface area contributed by atoms with Crippen LogP contribution in [0, 0.1) is 19.7 Å². The fraction of sp³-hybridized carbons (Fsp3) is 0.357. The van der Waals surface area contributed by atoms with Crippen LogP contribution in [-0.2, 0) is 5.60 Å². The second-order valence-electron chi connectivity index (χ2n) is 4.94. The number of aromatic nitrogens is 3. The summed E-state index contributed by atoms with van der Waals surface area (Å²) < 4.78 is 13.2. The lowest BCUT2D eigenvalue weighted by atomic mass is 9.96. The Morgan fingerprint density at radius 3 is 2.65 bits per heavy atom. The molecule has 2 rings (SSSR count). The van der Waals surface area contributed by atoms with Gasteiger partial charge in [0, 0.05) is 0 Å². The molecule has 1 atom stereocenters. The summed E-state index contributed by atoms with van der Waals surface area (Å²) in [5.74, 6) is -0.0448.